The molecule has 5 amide bonds. The van der Waals surface area contributed by atoms with Gasteiger partial charge in [-0.05, 0) is 38.8 Å². The van der Waals surface area contributed by atoms with Gasteiger partial charge in [-0.15, -0.1) is 0 Å². The first-order valence-corrected chi connectivity index (χ1v) is 15.0. The molecule has 0 aromatic rings. The molecule has 3 aliphatic heterocycles. The number of fused-ring (bicyclic) bond motifs is 2. The topological polar surface area (TPSA) is 159 Å². The fraction of sp³-hybridized carbons (Fsp3) is 0.600. The molecule has 1 aliphatic carbocycles. The number of nitrogens with one attached hydrogen (secondary N) is 2. The van der Waals surface area contributed by atoms with E-state index in [-0.39, 0.29) is 49.7 Å². The van der Waals surface area contributed by atoms with Gasteiger partial charge in [0.25, 0.3) is 11.8 Å². The second-order valence-corrected chi connectivity index (χ2v) is 11.8. The van der Waals surface area contributed by atoms with Crippen molar-refractivity contribution in [3.63, 3.8) is 0 Å². The van der Waals surface area contributed by atoms with Gasteiger partial charge in [0.15, 0.2) is 0 Å². The molecule has 3 heterocycles. The van der Waals surface area contributed by atoms with Crippen molar-refractivity contribution < 1.29 is 38.2 Å². The summed E-state index contributed by atoms with van der Waals surface area (Å²) >= 11 is 0. The molecule has 240 valence electrons. The third-order valence-corrected chi connectivity index (χ3v) is 7.28. The number of hydrogen-bond donors (Lipinski definition) is 2. The normalized spacial score (nSPS) is 20.7. The average Bonchev–Trinajstić information content (AvgIpc) is 3.27. The first kappa shape index (κ1) is 32.9. The summed E-state index contributed by atoms with van der Waals surface area (Å²) in [7, 11) is 0. The van der Waals surface area contributed by atoms with Gasteiger partial charge < -0.3 is 29.3 Å². The highest BCUT2D eigenvalue weighted by molar-refractivity contribution is 6.05. The van der Waals surface area contributed by atoms with E-state index in [9.17, 15) is 24.0 Å². The van der Waals surface area contributed by atoms with Crippen molar-refractivity contribution in [2.24, 2.45) is 5.10 Å². The maximum Gasteiger partial charge on any atom is 0.410 e. The Bertz CT molecular complexity index is 1240. The summed E-state index contributed by atoms with van der Waals surface area (Å²) in [6, 6.07) is -0.844. The number of imide groups is 1. The molecule has 2 fully saturated rings. The van der Waals surface area contributed by atoms with Crippen molar-refractivity contribution in [2.75, 3.05) is 59.2 Å². The number of piperazine rings is 1. The minimum Gasteiger partial charge on any atom is -0.444 e. The lowest BCUT2D eigenvalue weighted by atomic mass is 10.0. The smallest absolute Gasteiger partial charge is 0.410 e. The van der Waals surface area contributed by atoms with E-state index in [1.54, 1.807) is 22.1 Å². The Morgan fingerprint density at radius 1 is 1.02 bits per heavy atom. The molecule has 0 aromatic carbocycles. The summed E-state index contributed by atoms with van der Waals surface area (Å²) in [6.07, 6.45) is 7.69. The zero-order valence-electron chi connectivity index (χ0n) is 25.6. The molecule has 0 spiro atoms. The highest BCUT2D eigenvalue weighted by Crippen LogP contribution is 2.26. The lowest BCUT2D eigenvalue weighted by molar-refractivity contribution is -0.144. The fourth-order valence-electron chi connectivity index (χ4n) is 5.00. The molecule has 14 nitrogen and oxygen atoms in total. The Labute approximate surface area is 257 Å². The molecular weight excluding hydrogens is 572 g/mol. The van der Waals surface area contributed by atoms with Crippen LogP contribution in [0.2, 0.25) is 0 Å². The quantitative estimate of drug-likeness (QED) is 0.254. The van der Waals surface area contributed by atoms with E-state index in [2.05, 4.69) is 15.7 Å². The van der Waals surface area contributed by atoms with Crippen molar-refractivity contribution in [2.45, 2.75) is 58.1 Å². The third kappa shape index (κ3) is 9.23. The molecule has 14 heteroatoms. The van der Waals surface area contributed by atoms with E-state index in [1.165, 1.54) is 5.01 Å². The second kappa shape index (κ2) is 15.1. The molecule has 44 heavy (non-hydrogen) atoms. The molecule has 0 aromatic heterocycles. The van der Waals surface area contributed by atoms with Crippen molar-refractivity contribution in [3.8, 4) is 0 Å². The maximum absolute atomic E-state index is 13.4. The zero-order chi connectivity index (χ0) is 31.7. The summed E-state index contributed by atoms with van der Waals surface area (Å²) in [5, 5.41) is 11.0. The van der Waals surface area contributed by atoms with Crippen molar-refractivity contribution in [1.29, 1.82) is 0 Å². The first-order chi connectivity index (χ1) is 21.0. The van der Waals surface area contributed by atoms with Crippen LogP contribution in [0.5, 0.6) is 0 Å². The van der Waals surface area contributed by atoms with E-state index in [0.29, 0.717) is 70.2 Å². The molecule has 1 atom stereocenters. The number of hydrogen-bond acceptors (Lipinski definition) is 10. The number of piperidine rings is 1. The van der Waals surface area contributed by atoms with Gasteiger partial charge in [0.2, 0.25) is 11.8 Å². The van der Waals surface area contributed by atoms with E-state index in [0.717, 1.165) is 5.57 Å². The van der Waals surface area contributed by atoms with Gasteiger partial charge >= 0.3 is 6.09 Å². The number of carbonyl (C=O) groups excluding carboxylic acids is 5. The van der Waals surface area contributed by atoms with Crippen LogP contribution in [0, 0.1) is 0 Å². The molecule has 4 aliphatic rings. The van der Waals surface area contributed by atoms with Crippen LogP contribution in [0.4, 0.5) is 4.79 Å². The van der Waals surface area contributed by atoms with Gasteiger partial charge in [-0.2, -0.15) is 5.10 Å². The van der Waals surface area contributed by atoms with Gasteiger partial charge in [-0.3, -0.25) is 24.5 Å². The van der Waals surface area contributed by atoms with Crippen LogP contribution in [-0.4, -0.2) is 122 Å². The number of allylic oxidation sites excluding steroid dienone is 4. The summed E-state index contributed by atoms with van der Waals surface area (Å²) in [6.45, 7) is 9.02. The second-order valence-electron chi connectivity index (χ2n) is 11.8. The third-order valence-electron chi connectivity index (χ3n) is 7.28. The number of ether oxygens (including phenoxy) is 3. The molecule has 2 saturated heterocycles. The molecule has 0 radical (unpaired) electrons. The monoisotopic (exact) mass is 614 g/mol. The summed E-state index contributed by atoms with van der Waals surface area (Å²) in [4.78, 5) is 65.4. The lowest BCUT2D eigenvalue weighted by Crippen LogP contribution is -2.52. The van der Waals surface area contributed by atoms with Crippen LogP contribution >= 0.6 is 0 Å². The van der Waals surface area contributed by atoms with Crippen LogP contribution in [0.3, 0.4) is 0 Å². The first-order valence-electron chi connectivity index (χ1n) is 15.0. The SMILES string of the molecule is CC(C)(C)OC(=O)N1CCN(C(=O)CCOCCOCCNC2=C3CC(=CC=C2)C=NN(C2CCC(=O)NC2=O)C3=O)CC1. The van der Waals surface area contributed by atoms with Crippen molar-refractivity contribution >= 4 is 35.9 Å². The van der Waals surface area contributed by atoms with E-state index in [1.807, 2.05) is 32.9 Å². The van der Waals surface area contributed by atoms with E-state index < -0.39 is 17.6 Å². The molecule has 2 N–H and O–H groups in total. The Morgan fingerprint density at radius 2 is 1.73 bits per heavy atom. The van der Waals surface area contributed by atoms with Gasteiger partial charge in [-0.25, -0.2) is 9.80 Å². The number of hydrazone groups is 1. The zero-order valence-corrected chi connectivity index (χ0v) is 25.6. The van der Waals surface area contributed by atoms with Crippen LogP contribution < -0.4 is 10.6 Å². The van der Waals surface area contributed by atoms with Crippen molar-refractivity contribution in [3.05, 3.63) is 35.1 Å². The predicted molar refractivity (Wildman–Crippen MR) is 159 cm³/mol. The van der Waals surface area contributed by atoms with Crippen LogP contribution in [0.1, 0.15) is 46.5 Å². The fourth-order valence-corrected chi connectivity index (χ4v) is 5.00. The van der Waals surface area contributed by atoms with E-state index >= 15 is 0 Å². The molecule has 4 rings (SSSR count). The van der Waals surface area contributed by atoms with Crippen LogP contribution in [0.25, 0.3) is 0 Å². The Balaban J connectivity index is 1.12. The standard InChI is InChI=1S/C30H42N6O8/c1-30(2,3)44-29(41)35-13-11-34(12-14-35)26(38)9-15-42-17-18-43-16-10-31-23-6-4-5-21-19-22(23)28(40)36(32-20-21)24-7-8-25(37)33-27(24)39/h4-6,20,24,31H,7-19H2,1-3H3,(H,33,37,39). The summed E-state index contributed by atoms with van der Waals surface area (Å²) in [5.41, 5.74) is 1.37. The lowest BCUT2D eigenvalue weighted by Gasteiger charge is -2.35. The molecular formula is C30H42N6O8. The van der Waals surface area contributed by atoms with Crippen molar-refractivity contribution in [1.82, 2.24) is 25.4 Å². The minimum absolute atomic E-state index is 0.0165. The van der Waals surface area contributed by atoms with Gasteiger partial charge in [0.05, 0.1) is 39.1 Å². The average molecular weight is 615 g/mol. The molecule has 0 saturated carbocycles. The largest absolute Gasteiger partial charge is 0.444 e. The summed E-state index contributed by atoms with van der Waals surface area (Å²) in [5.74, 6) is -1.29. The van der Waals surface area contributed by atoms with Crippen LogP contribution in [-0.2, 0) is 33.4 Å². The molecule has 1 unspecified atom stereocenters. The number of carbonyl (C=O) groups is 5. The van der Waals surface area contributed by atoms with Gasteiger partial charge in [-0.1, -0.05) is 12.2 Å². The number of amides is 5. The van der Waals surface area contributed by atoms with E-state index in [4.69, 9.17) is 14.2 Å². The highest BCUT2D eigenvalue weighted by Gasteiger charge is 2.37. The number of nitrogens with zero attached hydrogens (tertiary/aromatic N) is 4. The van der Waals surface area contributed by atoms with Gasteiger partial charge in [0.1, 0.15) is 11.6 Å². The predicted octanol–water partition coefficient (Wildman–Crippen LogP) is 0.852. The minimum atomic E-state index is -0.844. The maximum atomic E-state index is 13.4. The summed E-state index contributed by atoms with van der Waals surface area (Å²) < 4.78 is 16.6. The van der Waals surface area contributed by atoms with Crippen LogP contribution in [0.15, 0.2) is 40.2 Å². The number of rotatable bonds is 11. The molecule has 2 bridgehead atoms. The Hall–Kier alpha value is -4.04. The highest BCUT2D eigenvalue weighted by atomic mass is 16.6. The Morgan fingerprint density at radius 3 is 2.43 bits per heavy atom. The Kier molecular flexibility index (Phi) is 11.3. The van der Waals surface area contributed by atoms with Gasteiger partial charge in [0, 0.05) is 56.8 Å².